The normalized spacial score (nSPS) is 12.6. The summed E-state index contributed by atoms with van der Waals surface area (Å²) < 4.78 is 5.55. The Bertz CT molecular complexity index is 1020. The Labute approximate surface area is 172 Å². The molecule has 29 heavy (non-hydrogen) atoms. The van der Waals surface area contributed by atoms with Crippen LogP contribution in [0.4, 0.5) is 4.79 Å². The lowest BCUT2D eigenvalue weighted by atomic mass is 9.98. The third-order valence-corrected chi connectivity index (χ3v) is 5.43. The fourth-order valence-electron chi connectivity index (χ4n) is 3.99. The number of aryl methyl sites for hydroxylation is 2. The second kappa shape index (κ2) is 8.36. The Hall–Kier alpha value is -3.33. The molecule has 0 bridgehead atoms. The van der Waals surface area contributed by atoms with Crippen molar-refractivity contribution < 1.29 is 9.53 Å². The van der Waals surface area contributed by atoms with Gasteiger partial charge in [0.25, 0.3) is 0 Å². The van der Waals surface area contributed by atoms with Crippen LogP contribution in [0.2, 0.25) is 0 Å². The highest BCUT2D eigenvalue weighted by atomic mass is 16.5. The monoisotopic (exact) mass is 383 g/mol. The molecule has 0 saturated heterocycles. The summed E-state index contributed by atoms with van der Waals surface area (Å²) in [4.78, 5) is 12.2. The minimum atomic E-state index is -0.392. The molecule has 3 aromatic carbocycles. The molecule has 0 saturated carbocycles. The summed E-state index contributed by atoms with van der Waals surface area (Å²) in [5, 5.41) is 2.81. The first-order valence-corrected chi connectivity index (χ1v) is 9.96. The van der Waals surface area contributed by atoms with Gasteiger partial charge in [-0.2, -0.15) is 0 Å². The zero-order valence-corrected chi connectivity index (χ0v) is 16.8. The Morgan fingerprint density at radius 3 is 2.28 bits per heavy atom. The van der Waals surface area contributed by atoms with Crippen LogP contribution in [0.5, 0.6) is 0 Å². The Morgan fingerprint density at radius 1 is 0.966 bits per heavy atom. The average molecular weight is 383 g/mol. The zero-order valence-electron chi connectivity index (χ0n) is 16.8. The number of ether oxygens (including phenoxy) is 1. The van der Waals surface area contributed by atoms with Crippen molar-refractivity contribution in [1.29, 1.82) is 0 Å². The quantitative estimate of drug-likeness (QED) is 0.600. The first-order chi connectivity index (χ1) is 14.1. The molecular weight excluding hydrogens is 358 g/mol. The van der Waals surface area contributed by atoms with Crippen molar-refractivity contribution in [3.8, 4) is 11.1 Å². The van der Waals surface area contributed by atoms with Crippen LogP contribution in [0.25, 0.3) is 17.2 Å². The molecule has 0 radical (unpaired) electrons. The second-order valence-electron chi connectivity index (χ2n) is 7.47. The average Bonchev–Trinajstić information content (AvgIpc) is 3.05. The van der Waals surface area contributed by atoms with E-state index < -0.39 is 6.09 Å². The lowest BCUT2D eigenvalue weighted by molar-refractivity contribution is 0.144. The lowest BCUT2D eigenvalue weighted by Gasteiger charge is -2.14. The molecule has 0 spiro atoms. The fraction of sp³-hybridized carbons (Fsp3) is 0.192. The van der Waals surface area contributed by atoms with E-state index in [1.807, 2.05) is 36.4 Å². The molecule has 3 aromatic rings. The number of carbonyl (C=O) groups excluding carboxylic acids is 1. The highest BCUT2D eigenvalue weighted by Crippen LogP contribution is 2.44. The van der Waals surface area contributed by atoms with E-state index in [0.717, 1.165) is 5.56 Å². The van der Waals surface area contributed by atoms with Crippen molar-refractivity contribution in [2.45, 2.75) is 19.8 Å². The minimum Gasteiger partial charge on any atom is -0.449 e. The van der Waals surface area contributed by atoms with Gasteiger partial charge >= 0.3 is 6.09 Å². The molecular formula is C26H25NO2. The number of amides is 1. The summed E-state index contributed by atoms with van der Waals surface area (Å²) in [6.07, 6.45) is 3.58. The predicted octanol–water partition coefficient (Wildman–Crippen LogP) is 5.86. The minimum absolute atomic E-state index is 0.0823. The molecule has 1 aliphatic rings. The summed E-state index contributed by atoms with van der Waals surface area (Å²) in [6.45, 7) is 4.94. The van der Waals surface area contributed by atoms with Gasteiger partial charge in [-0.05, 0) is 47.2 Å². The number of fused-ring (bicyclic) bond motifs is 3. The predicted molar refractivity (Wildman–Crippen MR) is 118 cm³/mol. The summed E-state index contributed by atoms with van der Waals surface area (Å²) >= 11 is 0. The fourth-order valence-corrected chi connectivity index (χ4v) is 3.99. The second-order valence-corrected chi connectivity index (χ2v) is 7.47. The van der Waals surface area contributed by atoms with E-state index in [2.05, 4.69) is 61.6 Å². The van der Waals surface area contributed by atoms with Gasteiger partial charge in [0.2, 0.25) is 0 Å². The standard InChI is InChI=1S/C26H25NO2/c1-18-13-14-20(19(2)16-18)8-7-15-27-26(28)29-17-25-23-11-5-3-9-21(23)22-10-4-6-12-24(22)25/h3-14,16,25H,15,17H2,1-2H3,(H,27,28). The molecule has 0 heterocycles. The van der Waals surface area contributed by atoms with Crippen LogP contribution in [0.15, 0.2) is 72.8 Å². The van der Waals surface area contributed by atoms with Crippen LogP contribution >= 0.6 is 0 Å². The van der Waals surface area contributed by atoms with Crippen molar-refractivity contribution in [3.05, 3.63) is 101 Å². The highest BCUT2D eigenvalue weighted by molar-refractivity contribution is 5.79. The molecule has 1 amide bonds. The van der Waals surface area contributed by atoms with E-state index in [4.69, 9.17) is 4.74 Å². The third kappa shape index (κ3) is 4.09. The number of hydrogen-bond acceptors (Lipinski definition) is 2. The van der Waals surface area contributed by atoms with Crippen molar-refractivity contribution >= 4 is 12.2 Å². The molecule has 0 atom stereocenters. The van der Waals surface area contributed by atoms with Gasteiger partial charge in [-0.25, -0.2) is 4.79 Å². The number of rotatable bonds is 5. The van der Waals surface area contributed by atoms with Crippen molar-refractivity contribution in [3.63, 3.8) is 0 Å². The third-order valence-electron chi connectivity index (χ3n) is 5.43. The molecule has 0 fully saturated rings. The molecule has 3 heteroatoms. The van der Waals surface area contributed by atoms with E-state index >= 15 is 0 Å². The van der Waals surface area contributed by atoms with Gasteiger partial charge in [0.1, 0.15) is 6.61 Å². The first kappa shape index (κ1) is 19.0. The van der Waals surface area contributed by atoms with Crippen molar-refractivity contribution in [2.75, 3.05) is 13.2 Å². The van der Waals surface area contributed by atoms with E-state index in [0.29, 0.717) is 13.2 Å². The molecule has 3 nitrogen and oxygen atoms in total. The molecule has 0 aromatic heterocycles. The van der Waals surface area contributed by atoms with E-state index in [9.17, 15) is 4.79 Å². The highest BCUT2D eigenvalue weighted by Gasteiger charge is 2.28. The molecule has 146 valence electrons. The van der Waals surface area contributed by atoms with Crippen molar-refractivity contribution in [1.82, 2.24) is 5.32 Å². The van der Waals surface area contributed by atoms with Gasteiger partial charge in [-0.3, -0.25) is 0 Å². The van der Waals surface area contributed by atoms with Crippen LogP contribution in [-0.2, 0) is 4.74 Å². The van der Waals surface area contributed by atoms with Gasteiger partial charge in [0.15, 0.2) is 0 Å². The van der Waals surface area contributed by atoms with Gasteiger partial charge in [-0.15, -0.1) is 0 Å². The molecule has 4 rings (SSSR count). The first-order valence-electron chi connectivity index (χ1n) is 9.96. The van der Waals surface area contributed by atoms with Gasteiger partial charge < -0.3 is 10.1 Å². The van der Waals surface area contributed by atoms with Gasteiger partial charge in [0.05, 0.1) is 0 Å². The Kier molecular flexibility index (Phi) is 5.48. The smallest absolute Gasteiger partial charge is 0.407 e. The molecule has 0 aliphatic heterocycles. The summed E-state index contributed by atoms with van der Waals surface area (Å²) in [5.74, 6) is 0.0823. The van der Waals surface area contributed by atoms with Crippen LogP contribution in [-0.4, -0.2) is 19.2 Å². The number of carbonyl (C=O) groups is 1. The Balaban J connectivity index is 1.34. The van der Waals surface area contributed by atoms with Gasteiger partial charge in [0, 0.05) is 12.5 Å². The SMILES string of the molecule is Cc1ccc(C=CCNC(=O)OCC2c3ccccc3-c3ccccc32)c(C)c1. The lowest BCUT2D eigenvalue weighted by Crippen LogP contribution is -2.26. The summed E-state index contributed by atoms with van der Waals surface area (Å²) in [6, 6.07) is 23.0. The van der Waals surface area contributed by atoms with Crippen molar-refractivity contribution in [2.24, 2.45) is 0 Å². The molecule has 1 aliphatic carbocycles. The topological polar surface area (TPSA) is 38.3 Å². The number of nitrogens with one attached hydrogen (secondary N) is 1. The van der Waals surface area contributed by atoms with Gasteiger partial charge in [-0.1, -0.05) is 84.4 Å². The largest absolute Gasteiger partial charge is 0.449 e. The maximum absolute atomic E-state index is 12.2. The Morgan fingerprint density at radius 2 is 1.62 bits per heavy atom. The molecule has 0 unspecified atom stereocenters. The van der Waals surface area contributed by atoms with E-state index in [1.54, 1.807) is 0 Å². The van der Waals surface area contributed by atoms with E-state index in [-0.39, 0.29) is 5.92 Å². The van der Waals surface area contributed by atoms with E-state index in [1.165, 1.54) is 33.4 Å². The van der Waals surface area contributed by atoms with Crippen LogP contribution in [0.3, 0.4) is 0 Å². The molecule has 1 N–H and O–H groups in total. The number of alkyl carbamates (subject to hydrolysis) is 1. The maximum atomic E-state index is 12.2. The van der Waals surface area contributed by atoms with Crippen LogP contribution < -0.4 is 5.32 Å². The maximum Gasteiger partial charge on any atom is 0.407 e. The number of benzene rings is 3. The number of hydrogen-bond donors (Lipinski definition) is 1. The summed E-state index contributed by atoms with van der Waals surface area (Å²) in [7, 11) is 0. The summed E-state index contributed by atoms with van der Waals surface area (Å²) in [5.41, 5.74) is 8.53. The van der Waals surface area contributed by atoms with Crippen LogP contribution in [0.1, 0.15) is 33.7 Å². The zero-order chi connectivity index (χ0) is 20.2. The van der Waals surface area contributed by atoms with Crippen LogP contribution in [0, 0.1) is 13.8 Å².